The van der Waals surface area contributed by atoms with E-state index in [9.17, 15) is 4.79 Å². The van der Waals surface area contributed by atoms with Crippen molar-refractivity contribution in [1.29, 1.82) is 0 Å². The average molecular weight is 224 g/mol. The minimum Gasteiger partial charge on any atom is -0.440 e. The van der Waals surface area contributed by atoms with E-state index in [-0.39, 0.29) is 16.7 Å². The number of ketones is 1. The summed E-state index contributed by atoms with van der Waals surface area (Å²) in [5.74, 6) is -0.0398. The van der Waals surface area contributed by atoms with Crippen molar-refractivity contribution in [3.63, 3.8) is 0 Å². The summed E-state index contributed by atoms with van der Waals surface area (Å²) in [7, 11) is 0. The molecule has 0 N–H and O–H groups in total. The van der Waals surface area contributed by atoms with Crippen LogP contribution in [0.25, 0.3) is 11.4 Å². The predicted molar refractivity (Wildman–Crippen MR) is 52.5 cm³/mol. The number of oxazole rings is 1. The van der Waals surface area contributed by atoms with E-state index < -0.39 is 0 Å². The fraction of sp³-hybridized carbons (Fsp3) is 0.111. The molecule has 0 radical (unpaired) electrons. The Labute approximate surface area is 90.1 Å². The lowest BCUT2D eigenvalue weighted by Crippen LogP contribution is -1.95. The Hall–Kier alpha value is -1.75. The molecule has 0 atom stereocenters. The first-order valence-corrected chi connectivity index (χ1v) is 4.48. The van der Waals surface area contributed by atoms with Gasteiger partial charge < -0.3 is 4.42 Å². The molecule has 2 rings (SSSR count). The molecule has 2 aromatic rings. The fourth-order valence-corrected chi connectivity index (χ4v) is 1.29. The smallest absolute Gasteiger partial charge is 0.199 e. The average Bonchev–Trinajstić information content (AvgIpc) is 2.65. The monoisotopic (exact) mass is 223 g/mol. The van der Waals surface area contributed by atoms with Crippen LogP contribution in [-0.2, 0) is 0 Å². The highest BCUT2D eigenvalue weighted by molar-refractivity contribution is 6.29. The number of halogens is 1. The summed E-state index contributed by atoms with van der Waals surface area (Å²) < 4.78 is 4.96. The Morgan fingerprint density at radius 2 is 2.20 bits per heavy atom. The highest BCUT2D eigenvalue weighted by Crippen LogP contribution is 2.21. The van der Waals surface area contributed by atoms with E-state index in [1.807, 2.05) is 0 Å². The molecular weight excluding hydrogens is 218 g/mol. The lowest BCUT2D eigenvalue weighted by Gasteiger charge is -1.96. The van der Waals surface area contributed by atoms with Crippen LogP contribution >= 0.6 is 11.6 Å². The second-order valence-corrected chi connectivity index (χ2v) is 3.20. The van der Waals surface area contributed by atoms with Crippen LogP contribution in [0.2, 0.25) is 5.15 Å². The van der Waals surface area contributed by atoms with E-state index in [1.165, 1.54) is 25.7 Å². The third-order valence-corrected chi connectivity index (χ3v) is 1.97. The van der Waals surface area contributed by atoms with Gasteiger partial charge in [-0.25, -0.2) is 15.0 Å². The van der Waals surface area contributed by atoms with Crippen LogP contribution in [0.1, 0.15) is 17.5 Å². The summed E-state index contributed by atoms with van der Waals surface area (Å²) in [4.78, 5) is 22.8. The van der Waals surface area contributed by atoms with Gasteiger partial charge >= 0.3 is 0 Å². The molecule has 0 spiro atoms. The molecule has 0 aliphatic carbocycles. The molecule has 0 saturated heterocycles. The third-order valence-electron chi connectivity index (χ3n) is 1.76. The molecule has 76 valence electrons. The Morgan fingerprint density at radius 1 is 1.40 bits per heavy atom. The zero-order chi connectivity index (χ0) is 10.8. The zero-order valence-corrected chi connectivity index (χ0v) is 8.52. The van der Waals surface area contributed by atoms with Crippen molar-refractivity contribution in [2.24, 2.45) is 0 Å². The van der Waals surface area contributed by atoms with Crippen molar-refractivity contribution >= 4 is 17.4 Å². The zero-order valence-electron chi connectivity index (χ0n) is 7.77. The van der Waals surface area contributed by atoms with Crippen LogP contribution in [0, 0.1) is 0 Å². The van der Waals surface area contributed by atoms with E-state index in [1.54, 1.807) is 0 Å². The van der Waals surface area contributed by atoms with Gasteiger partial charge in [0.05, 0.1) is 5.69 Å². The maximum atomic E-state index is 11.2. The van der Waals surface area contributed by atoms with Crippen molar-refractivity contribution in [3.8, 4) is 11.4 Å². The van der Waals surface area contributed by atoms with E-state index in [2.05, 4.69) is 15.0 Å². The van der Waals surface area contributed by atoms with Crippen molar-refractivity contribution in [2.75, 3.05) is 0 Å². The topological polar surface area (TPSA) is 68.9 Å². The molecule has 0 fully saturated rings. The first kappa shape index (κ1) is 9.79. The maximum Gasteiger partial charge on any atom is 0.199 e. The number of hydrogen-bond donors (Lipinski definition) is 0. The molecule has 2 heterocycles. The molecule has 0 aromatic carbocycles. The molecule has 6 heteroatoms. The van der Waals surface area contributed by atoms with Gasteiger partial charge in [-0.15, -0.1) is 0 Å². The summed E-state index contributed by atoms with van der Waals surface area (Å²) >= 11 is 5.70. The Bertz CT molecular complexity index is 510. The van der Waals surface area contributed by atoms with Crippen molar-refractivity contribution in [3.05, 3.63) is 29.7 Å². The molecule has 2 aromatic heterocycles. The lowest BCUT2D eigenvalue weighted by atomic mass is 10.2. The van der Waals surface area contributed by atoms with Crippen LogP contribution in [0.4, 0.5) is 0 Å². The molecule has 0 bridgehead atoms. The summed E-state index contributed by atoms with van der Waals surface area (Å²) in [6.07, 6.45) is 2.50. The Balaban J connectivity index is 2.54. The van der Waals surface area contributed by atoms with E-state index >= 15 is 0 Å². The Morgan fingerprint density at radius 3 is 2.87 bits per heavy atom. The van der Waals surface area contributed by atoms with Crippen LogP contribution in [0.5, 0.6) is 0 Å². The first-order chi connectivity index (χ1) is 7.18. The predicted octanol–water partition coefficient (Wildman–Crippen LogP) is 1.99. The van der Waals surface area contributed by atoms with Crippen LogP contribution in [-0.4, -0.2) is 20.7 Å². The highest BCUT2D eigenvalue weighted by atomic mass is 35.5. The maximum absolute atomic E-state index is 11.2. The number of nitrogens with zero attached hydrogens (tertiary/aromatic N) is 3. The highest BCUT2D eigenvalue weighted by Gasteiger charge is 2.15. The minimum atomic E-state index is -0.211. The summed E-state index contributed by atoms with van der Waals surface area (Å²) in [6.45, 7) is 1.40. The fourth-order valence-electron chi connectivity index (χ4n) is 1.14. The minimum absolute atomic E-state index is 0.171. The number of hydrogen-bond acceptors (Lipinski definition) is 5. The number of Topliss-reactive ketones (excluding diaryl/α,β-unsaturated/α-hetero) is 1. The largest absolute Gasteiger partial charge is 0.440 e. The molecule has 0 amide bonds. The number of carbonyl (C=O) groups is 1. The molecule has 15 heavy (non-hydrogen) atoms. The summed E-state index contributed by atoms with van der Waals surface area (Å²) in [5, 5.41) is 0.289. The third kappa shape index (κ3) is 1.87. The van der Waals surface area contributed by atoms with E-state index in [4.69, 9.17) is 16.0 Å². The van der Waals surface area contributed by atoms with Crippen molar-refractivity contribution < 1.29 is 9.21 Å². The Kier molecular flexibility index (Phi) is 2.47. The summed E-state index contributed by atoms with van der Waals surface area (Å²) in [5.41, 5.74) is 0.848. The molecule has 0 aliphatic rings. The quantitative estimate of drug-likeness (QED) is 0.575. The van der Waals surface area contributed by atoms with Crippen LogP contribution < -0.4 is 0 Å². The van der Waals surface area contributed by atoms with Crippen molar-refractivity contribution in [2.45, 2.75) is 6.92 Å². The van der Waals surface area contributed by atoms with Gasteiger partial charge in [0.1, 0.15) is 17.2 Å². The van der Waals surface area contributed by atoms with Gasteiger partial charge in [0.25, 0.3) is 0 Å². The normalized spacial score (nSPS) is 10.3. The summed E-state index contributed by atoms with van der Waals surface area (Å²) in [6, 6.07) is 1.52. The molecular formula is C9H6ClN3O2. The molecule has 5 nitrogen and oxygen atoms in total. The van der Waals surface area contributed by atoms with Gasteiger partial charge in [-0.3, -0.25) is 4.79 Å². The van der Waals surface area contributed by atoms with Crippen LogP contribution in [0.3, 0.4) is 0 Å². The first-order valence-electron chi connectivity index (χ1n) is 4.11. The van der Waals surface area contributed by atoms with E-state index in [0.29, 0.717) is 11.4 Å². The van der Waals surface area contributed by atoms with Gasteiger partial charge in [0.2, 0.25) is 0 Å². The second kappa shape index (κ2) is 3.78. The standard InChI is InChI=1S/C9H6ClN3O2/c1-5(14)9-8(13-4-15-9)6-2-7(10)12-3-11-6/h2-4H,1H3. The number of rotatable bonds is 2. The van der Waals surface area contributed by atoms with Gasteiger partial charge in [-0.2, -0.15) is 0 Å². The van der Waals surface area contributed by atoms with Gasteiger partial charge in [0.15, 0.2) is 17.9 Å². The van der Waals surface area contributed by atoms with E-state index in [0.717, 1.165) is 0 Å². The molecule has 0 saturated carbocycles. The molecule has 0 unspecified atom stereocenters. The number of carbonyl (C=O) groups excluding carboxylic acids is 1. The van der Waals surface area contributed by atoms with Gasteiger partial charge in [-0.1, -0.05) is 11.6 Å². The van der Waals surface area contributed by atoms with Gasteiger partial charge in [-0.05, 0) is 0 Å². The SMILES string of the molecule is CC(=O)c1ocnc1-c1cc(Cl)ncn1. The second-order valence-electron chi connectivity index (χ2n) is 2.81. The number of aromatic nitrogens is 3. The molecule has 0 aliphatic heterocycles. The van der Waals surface area contributed by atoms with Crippen LogP contribution in [0.15, 0.2) is 23.2 Å². The lowest BCUT2D eigenvalue weighted by molar-refractivity contribution is 0.0988. The van der Waals surface area contributed by atoms with Crippen molar-refractivity contribution in [1.82, 2.24) is 15.0 Å². The van der Waals surface area contributed by atoms with Gasteiger partial charge in [0, 0.05) is 13.0 Å².